The van der Waals surface area contributed by atoms with E-state index in [-0.39, 0.29) is 18.1 Å². The average molecular weight is 322 g/mol. The van der Waals surface area contributed by atoms with Crippen LogP contribution in [0.3, 0.4) is 0 Å². The summed E-state index contributed by atoms with van der Waals surface area (Å²) >= 11 is 0. The molecule has 24 heavy (non-hydrogen) atoms. The lowest BCUT2D eigenvalue weighted by molar-refractivity contribution is -0.120. The zero-order valence-corrected chi connectivity index (χ0v) is 13.6. The molecule has 0 aliphatic carbocycles. The largest absolute Gasteiger partial charge is 0.483 e. The van der Waals surface area contributed by atoms with Crippen molar-refractivity contribution in [2.75, 3.05) is 18.6 Å². The molecule has 1 aromatic heterocycles. The average Bonchev–Trinajstić information content (AvgIpc) is 2.63. The van der Waals surface area contributed by atoms with Crippen molar-refractivity contribution in [3.05, 3.63) is 71.0 Å². The zero-order valence-electron chi connectivity index (χ0n) is 13.6. The van der Waals surface area contributed by atoms with Crippen molar-refractivity contribution >= 4 is 22.5 Å². The number of aryl methyl sites for hydroxylation is 1. The molecule has 0 saturated carbocycles. The fourth-order valence-corrected chi connectivity index (χ4v) is 2.53. The molecular weight excluding hydrogens is 304 g/mol. The predicted octanol–water partition coefficient (Wildman–Crippen LogP) is 2.58. The van der Waals surface area contributed by atoms with E-state index < -0.39 is 0 Å². The Hall–Kier alpha value is -3.08. The lowest BCUT2D eigenvalue weighted by atomic mass is 10.2. The van der Waals surface area contributed by atoms with Crippen LogP contribution in [0.5, 0.6) is 5.75 Å². The number of anilines is 1. The van der Waals surface area contributed by atoms with Crippen LogP contribution in [-0.4, -0.2) is 24.1 Å². The van der Waals surface area contributed by atoms with Crippen LogP contribution in [0.2, 0.25) is 0 Å². The number of aromatic nitrogens is 1. The first-order valence-electron chi connectivity index (χ1n) is 7.61. The Bertz CT molecular complexity index is 932. The van der Waals surface area contributed by atoms with Crippen LogP contribution in [0.25, 0.3) is 10.9 Å². The molecule has 122 valence electrons. The number of pyridine rings is 1. The van der Waals surface area contributed by atoms with Gasteiger partial charge in [-0.05, 0) is 24.3 Å². The molecule has 5 nitrogen and oxygen atoms in total. The summed E-state index contributed by atoms with van der Waals surface area (Å²) in [6.45, 7) is -0.136. The molecule has 0 bridgehead atoms. The molecule has 5 heteroatoms. The fourth-order valence-electron chi connectivity index (χ4n) is 2.53. The minimum absolute atomic E-state index is 0.136. The van der Waals surface area contributed by atoms with Crippen LogP contribution in [0.4, 0.5) is 5.69 Å². The topological polar surface area (TPSA) is 51.5 Å². The molecule has 0 aliphatic heterocycles. The van der Waals surface area contributed by atoms with Crippen molar-refractivity contribution in [1.82, 2.24) is 4.57 Å². The van der Waals surface area contributed by atoms with Gasteiger partial charge in [0.05, 0.1) is 5.52 Å². The second-order valence-corrected chi connectivity index (χ2v) is 5.50. The van der Waals surface area contributed by atoms with E-state index in [9.17, 15) is 9.59 Å². The van der Waals surface area contributed by atoms with Crippen LogP contribution < -0.4 is 15.2 Å². The maximum atomic E-state index is 12.3. The maximum absolute atomic E-state index is 12.3. The SMILES string of the molecule is CN(C(=O)COc1cc(=O)n(C)c2ccccc12)c1ccccc1. The van der Waals surface area contributed by atoms with Crippen molar-refractivity contribution in [3.8, 4) is 5.75 Å². The van der Waals surface area contributed by atoms with Gasteiger partial charge in [0.1, 0.15) is 5.75 Å². The Morgan fingerprint density at radius 3 is 2.50 bits per heavy atom. The van der Waals surface area contributed by atoms with Crippen LogP contribution >= 0.6 is 0 Å². The molecule has 0 atom stereocenters. The Morgan fingerprint density at radius 2 is 1.75 bits per heavy atom. The van der Waals surface area contributed by atoms with Crippen molar-refractivity contribution in [2.45, 2.75) is 0 Å². The number of benzene rings is 2. The van der Waals surface area contributed by atoms with E-state index in [2.05, 4.69) is 0 Å². The van der Waals surface area contributed by atoms with Gasteiger partial charge >= 0.3 is 0 Å². The molecule has 0 unspecified atom stereocenters. The first-order valence-corrected chi connectivity index (χ1v) is 7.61. The van der Waals surface area contributed by atoms with Gasteiger partial charge in [-0.15, -0.1) is 0 Å². The molecule has 1 amide bonds. The van der Waals surface area contributed by atoms with Crippen LogP contribution in [0.15, 0.2) is 65.5 Å². The molecule has 3 rings (SSSR count). The number of ether oxygens (including phenoxy) is 1. The number of likely N-dealkylation sites (N-methyl/N-ethyl adjacent to an activating group) is 1. The summed E-state index contributed by atoms with van der Waals surface area (Å²) in [5.41, 5.74) is 1.39. The summed E-state index contributed by atoms with van der Waals surface area (Å²) in [6.07, 6.45) is 0. The van der Waals surface area contributed by atoms with E-state index >= 15 is 0 Å². The third-order valence-electron chi connectivity index (χ3n) is 3.98. The van der Waals surface area contributed by atoms with Crippen molar-refractivity contribution < 1.29 is 9.53 Å². The Balaban J connectivity index is 1.82. The monoisotopic (exact) mass is 322 g/mol. The van der Waals surface area contributed by atoms with Crippen molar-refractivity contribution in [3.63, 3.8) is 0 Å². The number of nitrogens with zero attached hydrogens (tertiary/aromatic N) is 2. The van der Waals surface area contributed by atoms with E-state index in [0.717, 1.165) is 16.6 Å². The normalized spacial score (nSPS) is 10.6. The van der Waals surface area contributed by atoms with Gasteiger partial charge in [-0.2, -0.15) is 0 Å². The van der Waals surface area contributed by atoms with Crippen LogP contribution in [-0.2, 0) is 11.8 Å². The summed E-state index contributed by atoms with van der Waals surface area (Å²) in [5, 5.41) is 0.801. The molecule has 3 aromatic rings. The number of para-hydroxylation sites is 2. The second kappa shape index (κ2) is 6.58. The molecule has 0 aliphatic rings. The number of rotatable bonds is 4. The molecule has 0 N–H and O–H groups in total. The van der Waals surface area contributed by atoms with Gasteiger partial charge in [0.15, 0.2) is 6.61 Å². The first kappa shape index (κ1) is 15.8. The quantitative estimate of drug-likeness (QED) is 0.742. The van der Waals surface area contributed by atoms with Gasteiger partial charge in [0.25, 0.3) is 11.5 Å². The molecule has 0 fully saturated rings. The van der Waals surface area contributed by atoms with Gasteiger partial charge in [-0.1, -0.05) is 30.3 Å². The van der Waals surface area contributed by atoms with Crippen molar-refractivity contribution in [1.29, 1.82) is 0 Å². The lowest BCUT2D eigenvalue weighted by Gasteiger charge is -2.18. The third-order valence-corrected chi connectivity index (χ3v) is 3.98. The van der Waals surface area contributed by atoms with Gasteiger partial charge in [0, 0.05) is 31.2 Å². The number of carbonyl (C=O) groups is 1. The summed E-state index contributed by atoms with van der Waals surface area (Å²) < 4.78 is 7.21. The summed E-state index contributed by atoms with van der Waals surface area (Å²) in [5.74, 6) is 0.231. The highest BCUT2D eigenvalue weighted by molar-refractivity contribution is 5.94. The van der Waals surface area contributed by atoms with Crippen LogP contribution in [0, 0.1) is 0 Å². The zero-order chi connectivity index (χ0) is 17.1. The minimum atomic E-state index is -0.189. The number of amides is 1. The van der Waals surface area contributed by atoms with E-state index in [1.165, 1.54) is 11.0 Å². The van der Waals surface area contributed by atoms with E-state index in [4.69, 9.17) is 4.74 Å². The van der Waals surface area contributed by atoms with Gasteiger partial charge in [-0.3, -0.25) is 9.59 Å². The summed E-state index contributed by atoms with van der Waals surface area (Å²) in [4.78, 5) is 25.9. The van der Waals surface area contributed by atoms with Gasteiger partial charge in [0.2, 0.25) is 0 Å². The van der Waals surface area contributed by atoms with E-state index in [1.54, 1.807) is 18.7 Å². The fraction of sp³-hybridized carbons (Fsp3) is 0.158. The van der Waals surface area contributed by atoms with Gasteiger partial charge in [-0.25, -0.2) is 0 Å². The highest BCUT2D eigenvalue weighted by Gasteiger charge is 2.13. The van der Waals surface area contributed by atoms with E-state index in [1.807, 2.05) is 54.6 Å². The Labute approximate surface area is 139 Å². The Morgan fingerprint density at radius 1 is 1.08 bits per heavy atom. The predicted molar refractivity (Wildman–Crippen MR) is 94.5 cm³/mol. The molecular formula is C19H18N2O3. The number of carbonyl (C=O) groups excluding carboxylic acids is 1. The maximum Gasteiger partial charge on any atom is 0.264 e. The van der Waals surface area contributed by atoms with Crippen molar-refractivity contribution in [2.24, 2.45) is 7.05 Å². The third kappa shape index (κ3) is 3.01. The molecule has 0 saturated heterocycles. The molecule has 0 radical (unpaired) electrons. The number of hydrogen-bond donors (Lipinski definition) is 0. The highest BCUT2D eigenvalue weighted by atomic mass is 16.5. The standard InChI is InChI=1S/C19H18N2O3/c1-20(14-8-4-3-5-9-14)19(23)13-24-17-12-18(22)21(2)16-11-7-6-10-15(16)17/h3-12H,13H2,1-2H3. The molecule has 0 spiro atoms. The summed E-state index contributed by atoms with van der Waals surface area (Å²) in [7, 11) is 3.41. The smallest absolute Gasteiger partial charge is 0.264 e. The Kier molecular flexibility index (Phi) is 4.33. The van der Waals surface area contributed by atoms with Gasteiger partial charge < -0.3 is 14.2 Å². The number of fused-ring (bicyclic) bond motifs is 1. The summed E-state index contributed by atoms with van der Waals surface area (Å²) in [6, 6.07) is 18.2. The lowest BCUT2D eigenvalue weighted by Crippen LogP contribution is -2.31. The molecule has 2 aromatic carbocycles. The highest BCUT2D eigenvalue weighted by Crippen LogP contribution is 2.23. The van der Waals surface area contributed by atoms with E-state index in [0.29, 0.717) is 5.75 Å². The minimum Gasteiger partial charge on any atom is -0.483 e. The number of hydrogen-bond acceptors (Lipinski definition) is 3. The molecule has 1 heterocycles. The first-order chi connectivity index (χ1) is 11.6. The second-order valence-electron chi connectivity index (χ2n) is 5.50. The van der Waals surface area contributed by atoms with Crippen LogP contribution in [0.1, 0.15) is 0 Å².